The SMILES string of the molecule is Cc1nnc(CN[C@@H](c2ccccc2)c2nc3ccccc3n2C)n1C. The topological polar surface area (TPSA) is 60.6 Å². The number of fused-ring (bicyclic) bond motifs is 1. The first-order chi connectivity index (χ1) is 12.6. The van der Waals surface area contributed by atoms with Gasteiger partial charge in [0.05, 0.1) is 23.6 Å². The fourth-order valence-electron chi connectivity index (χ4n) is 3.22. The summed E-state index contributed by atoms with van der Waals surface area (Å²) in [5.74, 6) is 2.79. The molecule has 4 rings (SSSR count). The van der Waals surface area contributed by atoms with Gasteiger partial charge in [0.2, 0.25) is 0 Å². The highest BCUT2D eigenvalue weighted by atomic mass is 15.3. The molecule has 0 radical (unpaired) electrons. The van der Waals surface area contributed by atoms with Gasteiger partial charge in [-0.3, -0.25) is 5.32 Å². The highest BCUT2D eigenvalue weighted by Gasteiger charge is 2.21. The highest BCUT2D eigenvalue weighted by molar-refractivity contribution is 5.76. The molecule has 0 amide bonds. The van der Waals surface area contributed by atoms with E-state index in [-0.39, 0.29) is 6.04 Å². The van der Waals surface area contributed by atoms with Gasteiger partial charge in [0, 0.05) is 14.1 Å². The number of aryl methyl sites for hydroxylation is 2. The molecule has 0 aliphatic carbocycles. The zero-order chi connectivity index (χ0) is 18.1. The van der Waals surface area contributed by atoms with Crippen molar-refractivity contribution in [3.8, 4) is 0 Å². The smallest absolute Gasteiger partial charge is 0.146 e. The fraction of sp³-hybridized carbons (Fsp3) is 0.250. The molecule has 6 nitrogen and oxygen atoms in total. The Morgan fingerprint density at radius 1 is 0.923 bits per heavy atom. The van der Waals surface area contributed by atoms with Crippen LogP contribution in [0.2, 0.25) is 0 Å². The maximum absolute atomic E-state index is 4.89. The average molecular weight is 346 g/mol. The second kappa shape index (κ2) is 6.72. The first-order valence-electron chi connectivity index (χ1n) is 8.69. The van der Waals surface area contributed by atoms with Crippen molar-refractivity contribution in [1.29, 1.82) is 0 Å². The van der Waals surface area contributed by atoms with Gasteiger partial charge in [-0.15, -0.1) is 10.2 Å². The van der Waals surface area contributed by atoms with Gasteiger partial charge in [0.1, 0.15) is 17.5 Å². The van der Waals surface area contributed by atoms with Crippen molar-refractivity contribution in [3.05, 3.63) is 77.6 Å². The molecule has 0 bridgehead atoms. The van der Waals surface area contributed by atoms with Crippen LogP contribution in [-0.2, 0) is 20.6 Å². The van der Waals surface area contributed by atoms with Crippen molar-refractivity contribution in [2.75, 3.05) is 0 Å². The van der Waals surface area contributed by atoms with Gasteiger partial charge >= 0.3 is 0 Å². The minimum absolute atomic E-state index is 0.0365. The van der Waals surface area contributed by atoms with E-state index >= 15 is 0 Å². The molecule has 0 fully saturated rings. The van der Waals surface area contributed by atoms with Crippen molar-refractivity contribution < 1.29 is 0 Å². The van der Waals surface area contributed by atoms with Crippen molar-refractivity contribution >= 4 is 11.0 Å². The molecule has 26 heavy (non-hydrogen) atoms. The molecule has 132 valence electrons. The van der Waals surface area contributed by atoms with E-state index in [1.165, 1.54) is 5.56 Å². The molecule has 0 saturated carbocycles. The number of imidazole rings is 1. The van der Waals surface area contributed by atoms with Crippen molar-refractivity contribution in [3.63, 3.8) is 0 Å². The number of nitrogens with one attached hydrogen (secondary N) is 1. The normalized spacial score (nSPS) is 12.6. The van der Waals surface area contributed by atoms with E-state index in [2.05, 4.69) is 57.5 Å². The Morgan fingerprint density at radius 3 is 2.35 bits per heavy atom. The molecule has 0 aliphatic heterocycles. The second-order valence-corrected chi connectivity index (χ2v) is 6.46. The molecule has 0 unspecified atom stereocenters. The van der Waals surface area contributed by atoms with E-state index < -0.39 is 0 Å². The Labute approximate surface area is 152 Å². The standard InChI is InChI=1S/C20H22N6/c1-14-23-24-18(25(14)2)13-21-19(15-9-5-4-6-10-15)20-22-16-11-7-8-12-17(16)26(20)3/h4-12,19,21H,13H2,1-3H3/t19-/m0/s1. The first kappa shape index (κ1) is 16.5. The zero-order valence-electron chi connectivity index (χ0n) is 15.2. The lowest BCUT2D eigenvalue weighted by molar-refractivity contribution is 0.538. The lowest BCUT2D eigenvalue weighted by Gasteiger charge is -2.19. The Bertz CT molecular complexity index is 1030. The summed E-state index contributed by atoms with van der Waals surface area (Å²) in [6.07, 6.45) is 0. The van der Waals surface area contributed by atoms with Crippen LogP contribution in [0.1, 0.15) is 29.1 Å². The molecule has 0 saturated heterocycles. The van der Waals surface area contributed by atoms with E-state index in [1.54, 1.807) is 0 Å². The molecule has 2 aromatic carbocycles. The van der Waals surface area contributed by atoms with Gasteiger partial charge in [-0.25, -0.2) is 4.98 Å². The minimum Gasteiger partial charge on any atom is -0.330 e. The Morgan fingerprint density at radius 2 is 1.65 bits per heavy atom. The maximum atomic E-state index is 4.89. The van der Waals surface area contributed by atoms with Gasteiger partial charge < -0.3 is 9.13 Å². The number of benzene rings is 2. The van der Waals surface area contributed by atoms with E-state index in [0.29, 0.717) is 6.54 Å². The van der Waals surface area contributed by atoms with E-state index in [0.717, 1.165) is 28.5 Å². The average Bonchev–Trinajstić information content (AvgIpc) is 3.17. The molecule has 1 atom stereocenters. The van der Waals surface area contributed by atoms with Crippen LogP contribution in [0.4, 0.5) is 0 Å². The molecular formula is C20H22N6. The summed E-state index contributed by atoms with van der Waals surface area (Å²) in [7, 11) is 4.05. The molecule has 6 heteroatoms. The molecular weight excluding hydrogens is 324 g/mol. The minimum atomic E-state index is -0.0365. The fourth-order valence-corrected chi connectivity index (χ4v) is 3.22. The molecule has 0 spiro atoms. The number of hydrogen-bond acceptors (Lipinski definition) is 4. The predicted octanol–water partition coefficient (Wildman–Crippen LogP) is 2.89. The Balaban J connectivity index is 1.73. The molecule has 2 heterocycles. The number of nitrogens with zero attached hydrogens (tertiary/aromatic N) is 5. The zero-order valence-corrected chi connectivity index (χ0v) is 15.2. The first-order valence-corrected chi connectivity index (χ1v) is 8.69. The molecule has 0 aliphatic rings. The highest BCUT2D eigenvalue weighted by Crippen LogP contribution is 2.25. The van der Waals surface area contributed by atoms with Gasteiger partial charge in [-0.05, 0) is 24.6 Å². The van der Waals surface area contributed by atoms with E-state index in [9.17, 15) is 0 Å². The molecule has 2 aromatic heterocycles. The summed E-state index contributed by atoms with van der Waals surface area (Å²) in [4.78, 5) is 4.89. The van der Waals surface area contributed by atoms with Crippen LogP contribution in [0.5, 0.6) is 0 Å². The van der Waals surface area contributed by atoms with Crippen molar-refractivity contribution in [2.24, 2.45) is 14.1 Å². The van der Waals surface area contributed by atoms with Crippen LogP contribution in [-0.4, -0.2) is 24.3 Å². The number of aromatic nitrogens is 5. The Hall–Kier alpha value is -2.99. The largest absolute Gasteiger partial charge is 0.330 e. The monoisotopic (exact) mass is 346 g/mol. The van der Waals surface area contributed by atoms with Gasteiger partial charge in [-0.2, -0.15) is 0 Å². The van der Waals surface area contributed by atoms with Crippen LogP contribution in [0, 0.1) is 6.92 Å². The molecule has 1 N–H and O–H groups in total. The summed E-state index contributed by atoms with van der Waals surface area (Å²) < 4.78 is 4.16. The van der Waals surface area contributed by atoms with Gasteiger partial charge in [0.25, 0.3) is 0 Å². The van der Waals surface area contributed by atoms with Crippen molar-refractivity contribution in [1.82, 2.24) is 29.6 Å². The third kappa shape index (κ3) is 2.88. The lowest BCUT2D eigenvalue weighted by atomic mass is 10.1. The lowest BCUT2D eigenvalue weighted by Crippen LogP contribution is -2.26. The van der Waals surface area contributed by atoms with Crippen molar-refractivity contribution in [2.45, 2.75) is 19.5 Å². The number of rotatable bonds is 5. The van der Waals surface area contributed by atoms with Crippen LogP contribution in [0.15, 0.2) is 54.6 Å². The summed E-state index contributed by atoms with van der Waals surface area (Å²) >= 11 is 0. The van der Waals surface area contributed by atoms with E-state index in [1.807, 2.05) is 42.8 Å². The van der Waals surface area contributed by atoms with Gasteiger partial charge in [-0.1, -0.05) is 42.5 Å². The number of para-hydroxylation sites is 2. The van der Waals surface area contributed by atoms with E-state index in [4.69, 9.17) is 4.98 Å². The van der Waals surface area contributed by atoms with Crippen LogP contribution in [0.25, 0.3) is 11.0 Å². The third-order valence-corrected chi connectivity index (χ3v) is 4.86. The quantitative estimate of drug-likeness (QED) is 0.604. The summed E-state index contributed by atoms with van der Waals surface area (Å²) in [5, 5.41) is 12.0. The summed E-state index contributed by atoms with van der Waals surface area (Å²) in [6, 6.07) is 18.6. The second-order valence-electron chi connectivity index (χ2n) is 6.46. The van der Waals surface area contributed by atoms with Gasteiger partial charge in [0.15, 0.2) is 0 Å². The van der Waals surface area contributed by atoms with Crippen LogP contribution in [0.3, 0.4) is 0 Å². The Kier molecular flexibility index (Phi) is 4.26. The predicted molar refractivity (Wildman–Crippen MR) is 102 cm³/mol. The summed E-state index contributed by atoms with van der Waals surface area (Å²) in [6.45, 7) is 2.57. The van der Waals surface area contributed by atoms with Crippen LogP contribution >= 0.6 is 0 Å². The third-order valence-electron chi connectivity index (χ3n) is 4.86. The number of hydrogen-bond donors (Lipinski definition) is 1. The molecule has 4 aromatic rings. The summed E-state index contributed by atoms with van der Waals surface area (Å²) in [5.41, 5.74) is 3.30. The maximum Gasteiger partial charge on any atom is 0.146 e. The van der Waals surface area contributed by atoms with Crippen LogP contribution < -0.4 is 5.32 Å².